The van der Waals surface area contributed by atoms with Crippen LogP contribution < -0.4 is 5.32 Å². The SMILES string of the molecule is Cc1c(O)ccc(C(=O)C(C)N2CCNCC2)c1C. The number of rotatable bonds is 3. The van der Waals surface area contributed by atoms with Crippen molar-refractivity contribution in [3.05, 3.63) is 28.8 Å². The van der Waals surface area contributed by atoms with Crippen molar-refractivity contribution in [1.29, 1.82) is 0 Å². The van der Waals surface area contributed by atoms with E-state index >= 15 is 0 Å². The maximum atomic E-state index is 12.6. The molecule has 1 heterocycles. The first-order chi connectivity index (χ1) is 9.02. The normalized spacial score (nSPS) is 18.3. The van der Waals surface area contributed by atoms with Crippen molar-refractivity contribution in [2.24, 2.45) is 0 Å². The maximum absolute atomic E-state index is 12.6. The number of benzene rings is 1. The Morgan fingerprint density at radius 3 is 2.53 bits per heavy atom. The Bertz CT molecular complexity index is 479. The van der Waals surface area contributed by atoms with Crippen LogP contribution in [0.5, 0.6) is 5.75 Å². The Balaban J connectivity index is 2.21. The molecule has 1 unspecified atom stereocenters. The lowest BCUT2D eigenvalue weighted by Gasteiger charge is -2.32. The Kier molecular flexibility index (Phi) is 4.22. The summed E-state index contributed by atoms with van der Waals surface area (Å²) in [4.78, 5) is 14.8. The Morgan fingerprint density at radius 1 is 1.26 bits per heavy atom. The van der Waals surface area contributed by atoms with Crippen LogP contribution >= 0.6 is 0 Å². The lowest BCUT2D eigenvalue weighted by molar-refractivity contribution is 0.0819. The Morgan fingerprint density at radius 2 is 1.89 bits per heavy atom. The summed E-state index contributed by atoms with van der Waals surface area (Å²) in [7, 11) is 0. The number of carbonyl (C=O) groups is 1. The molecule has 1 aromatic carbocycles. The van der Waals surface area contributed by atoms with E-state index in [1.807, 2.05) is 20.8 Å². The number of phenolic OH excluding ortho intramolecular Hbond substituents is 1. The molecule has 1 fully saturated rings. The van der Waals surface area contributed by atoms with Gasteiger partial charge in [-0.05, 0) is 44.0 Å². The second-order valence-corrected chi connectivity index (χ2v) is 5.21. The molecule has 4 heteroatoms. The van der Waals surface area contributed by atoms with Crippen LogP contribution in [0.1, 0.15) is 28.4 Å². The van der Waals surface area contributed by atoms with Crippen molar-refractivity contribution in [2.75, 3.05) is 26.2 Å². The zero-order valence-corrected chi connectivity index (χ0v) is 11.9. The van der Waals surface area contributed by atoms with E-state index in [9.17, 15) is 9.90 Å². The van der Waals surface area contributed by atoms with Gasteiger partial charge < -0.3 is 10.4 Å². The molecule has 4 nitrogen and oxygen atoms in total. The fourth-order valence-electron chi connectivity index (χ4n) is 2.53. The summed E-state index contributed by atoms with van der Waals surface area (Å²) in [6, 6.07) is 3.24. The van der Waals surface area contributed by atoms with Crippen molar-refractivity contribution in [3.8, 4) is 5.75 Å². The van der Waals surface area contributed by atoms with Gasteiger partial charge in [-0.15, -0.1) is 0 Å². The lowest BCUT2D eigenvalue weighted by Crippen LogP contribution is -2.50. The van der Waals surface area contributed by atoms with Gasteiger partial charge in [-0.25, -0.2) is 0 Å². The number of aromatic hydroxyl groups is 1. The minimum absolute atomic E-state index is 0.107. The second-order valence-electron chi connectivity index (χ2n) is 5.21. The van der Waals surface area contributed by atoms with Gasteiger partial charge in [0, 0.05) is 31.7 Å². The van der Waals surface area contributed by atoms with Gasteiger partial charge in [0.1, 0.15) is 5.75 Å². The largest absolute Gasteiger partial charge is 0.508 e. The molecular formula is C15H22N2O2. The predicted molar refractivity (Wildman–Crippen MR) is 75.8 cm³/mol. The predicted octanol–water partition coefficient (Wildman–Crippen LogP) is 1.49. The number of nitrogens with one attached hydrogen (secondary N) is 1. The molecule has 0 bridgehead atoms. The van der Waals surface area contributed by atoms with Crippen molar-refractivity contribution in [2.45, 2.75) is 26.8 Å². The minimum atomic E-state index is -0.107. The van der Waals surface area contributed by atoms with E-state index in [2.05, 4.69) is 10.2 Å². The molecule has 0 saturated carbocycles. The molecule has 2 N–H and O–H groups in total. The maximum Gasteiger partial charge on any atom is 0.179 e. The van der Waals surface area contributed by atoms with Gasteiger partial charge in [-0.2, -0.15) is 0 Å². The average molecular weight is 262 g/mol. The van der Waals surface area contributed by atoms with E-state index in [-0.39, 0.29) is 17.6 Å². The van der Waals surface area contributed by atoms with Crippen LogP contribution in [-0.2, 0) is 0 Å². The van der Waals surface area contributed by atoms with Crippen LogP contribution in [0.4, 0.5) is 0 Å². The highest BCUT2D eigenvalue weighted by Gasteiger charge is 2.25. The molecule has 1 aliphatic heterocycles. The molecule has 1 atom stereocenters. The first-order valence-corrected chi connectivity index (χ1v) is 6.80. The van der Waals surface area contributed by atoms with Gasteiger partial charge >= 0.3 is 0 Å². The van der Waals surface area contributed by atoms with E-state index in [4.69, 9.17) is 0 Å². The van der Waals surface area contributed by atoms with Crippen molar-refractivity contribution in [3.63, 3.8) is 0 Å². The fourth-order valence-corrected chi connectivity index (χ4v) is 2.53. The van der Waals surface area contributed by atoms with Gasteiger partial charge in [-0.3, -0.25) is 9.69 Å². The molecular weight excluding hydrogens is 240 g/mol. The molecule has 0 radical (unpaired) electrons. The van der Waals surface area contributed by atoms with Crippen LogP contribution in [0.2, 0.25) is 0 Å². The van der Waals surface area contributed by atoms with E-state index in [0.29, 0.717) is 0 Å². The third-order valence-corrected chi connectivity index (χ3v) is 4.10. The van der Waals surface area contributed by atoms with E-state index < -0.39 is 0 Å². The quantitative estimate of drug-likeness (QED) is 0.810. The van der Waals surface area contributed by atoms with Crippen LogP contribution in [0.25, 0.3) is 0 Å². The van der Waals surface area contributed by atoms with E-state index in [1.54, 1.807) is 12.1 Å². The Labute approximate surface area is 114 Å². The zero-order valence-electron chi connectivity index (χ0n) is 11.9. The van der Waals surface area contributed by atoms with Crippen molar-refractivity contribution >= 4 is 5.78 Å². The molecule has 1 aliphatic rings. The standard InChI is InChI=1S/C15H22N2O2/c1-10-11(2)14(18)5-4-13(10)15(19)12(3)17-8-6-16-7-9-17/h4-5,12,16,18H,6-9H2,1-3H3. The summed E-state index contributed by atoms with van der Waals surface area (Å²) in [6.07, 6.45) is 0. The molecule has 0 aromatic heterocycles. The summed E-state index contributed by atoms with van der Waals surface area (Å²) in [6.45, 7) is 9.39. The monoisotopic (exact) mass is 262 g/mol. The molecule has 1 saturated heterocycles. The van der Waals surface area contributed by atoms with Crippen LogP contribution in [0.3, 0.4) is 0 Å². The van der Waals surface area contributed by atoms with Crippen LogP contribution in [-0.4, -0.2) is 48.0 Å². The number of carbonyl (C=O) groups excluding carboxylic acids is 1. The van der Waals surface area contributed by atoms with Crippen LogP contribution in [0.15, 0.2) is 12.1 Å². The van der Waals surface area contributed by atoms with E-state index in [1.165, 1.54) is 0 Å². The topological polar surface area (TPSA) is 52.6 Å². The van der Waals surface area contributed by atoms with Gasteiger partial charge in [0.05, 0.1) is 6.04 Å². The second kappa shape index (κ2) is 5.72. The van der Waals surface area contributed by atoms with Gasteiger partial charge in [0.15, 0.2) is 5.78 Å². The number of hydrogen-bond donors (Lipinski definition) is 2. The Hall–Kier alpha value is -1.39. The summed E-state index contributed by atoms with van der Waals surface area (Å²) in [5, 5.41) is 13.0. The van der Waals surface area contributed by atoms with Gasteiger partial charge in [0.25, 0.3) is 0 Å². The van der Waals surface area contributed by atoms with Gasteiger partial charge in [-0.1, -0.05) is 0 Å². The lowest BCUT2D eigenvalue weighted by atomic mass is 9.95. The van der Waals surface area contributed by atoms with Gasteiger partial charge in [0.2, 0.25) is 0 Å². The number of nitrogens with zero attached hydrogens (tertiary/aromatic N) is 1. The minimum Gasteiger partial charge on any atom is -0.508 e. The summed E-state index contributed by atoms with van der Waals surface area (Å²) >= 11 is 0. The number of Topliss-reactive ketones (excluding diaryl/α,β-unsaturated/α-hetero) is 1. The molecule has 2 rings (SSSR count). The number of ketones is 1. The van der Waals surface area contributed by atoms with E-state index in [0.717, 1.165) is 42.9 Å². The molecule has 1 aromatic rings. The first kappa shape index (κ1) is 14.0. The molecule has 19 heavy (non-hydrogen) atoms. The van der Waals surface area contributed by atoms with Crippen molar-refractivity contribution in [1.82, 2.24) is 10.2 Å². The molecule has 0 spiro atoms. The summed E-state index contributed by atoms with van der Waals surface area (Å²) in [5.74, 6) is 0.395. The van der Waals surface area contributed by atoms with Crippen molar-refractivity contribution < 1.29 is 9.90 Å². The zero-order chi connectivity index (χ0) is 14.0. The highest BCUT2D eigenvalue weighted by atomic mass is 16.3. The van der Waals surface area contributed by atoms with Crippen LogP contribution in [0, 0.1) is 13.8 Å². The molecule has 0 aliphatic carbocycles. The number of phenols is 1. The first-order valence-electron chi connectivity index (χ1n) is 6.80. The summed E-state index contributed by atoms with van der Waals surface area (Å²) in [5.41, 5.74) is 2.40. The highest BCUT2D eigenvalue weighted by molar-refractivity contribution is 6.01. The highest BCUT2D eigenvalue weighted by Crippen LogP contribution is 2.24. The summed E-state index contributed by atoms with van der Waals surface area (Å²) < 4.78 is 0. The smallest absolute Gasteiger partial charge is 0.179 e. The molecule has 104 valence electrons. The average Bonchev–Trinajstić information content (AvgIpc) is 2.44. The number of hydrogen-bond acceptors (Lipinski definition) is 4. The molecule has 0 amide bonds. The number of piperazine rings is 1. The third-order valence-electron chi connectivity index (χ3n) is 4.10. The third kappa shape index (κ3) is 2.80. The fraction of sp³-hybridized carbons (Fsp3) is 0.533.